The van der Waals surface area contributed by atoms with Gasteiger partial charge in [0.15, 0.2) is 11.6 Å². The number of carbonyl (C=O) groups excluding carboxylic acids is 2. The van der Waals surface area contributed by atoms with E-state index in [1.165, 1.54) is 11.3 Å². The third-order valence-corrected chi connectivity index (χ3v) is 5.42. The first-order valence-electron chi connectivity index (χ1n) is 6.80. The van der Waals surface area contributed by atoms with E-state index in [-0.39, 0.29) is 11.6 Å². The smallest absolute Gasteiger partial charge is 0.174 e. The molecule has 1 aromatic heterocycles. The van der Waals surface area contributed by atoms with Gasteiger partial charge in [0.1, 0.15) is 0 Å². The van der Waals surface area contributed by atoms with Crippen LogP contribution in [-0.2, 0) is 0 Å². The summed E-state index contributed by atoms with van der Waals surface area (Å²) in [7, 11) is 0. The van der Waals surface area contributed by atoms with Crippen LogP contribution in [0.1, 0.15) is 20.7 Å². The summed E-state index contributed by atoms with van der Waals surface area (Å²) in [6, 6.07) is 11.2. The predicted octanol–water partition coefficient (Wildman–Crippen LogP) is 5.12. The number of rotatable bonds is 5. The van der Waals surface area contributed by atoms with Gasteiger partial charge in [-0.3, -0.25) is 9.59 Å². The number of thiazole rings is 1. The molecule has 0 saturated carbocycles. The largest absolute Gasteiger partial charge is 0.293 e. The van der Waals surface area contributed by atoms with Crippen LogP contribution in [0.25, 0.3) is 21.3 Å². The van der Waals surface area contributed by atoms with E-state index in [0.717, 1.165) is 21.3 Å². The van der Waals surface area contributed by atoms with Crippen molar-refractivity contribution in [3.8, 4) is 11.1 Å². The molecular weight excluding hydrogens is 442 g/mol. The van der Waals surface area contributed by atoms with E-state index in [9.17, 15) is 9.59 Å². The summed E-state index contributed by atoms with van der Waals surface area (Å²) in [5.41, 5.74) is 5.87. The molecule has 0 aliphatic carbocycles. The van der Waals surface area contributed by atoms with Crippen molar-refractivity contribution < 1.29 is 9.59 Å². The molecule has 3 nitrogen and oxygen atoms in total. The van der Waals surface area contributed by atoms with Gasteiger partial charge >= 0.3 is 0 Å². The Balaban J connectivity index is 2.09. The number of benzene rings is 2. The minimum atomic E-state index is 0.0454. The van der Waals surface area contributed by atoms with Crippen molar-refractivity contribution in [2.24, 2.45) is 0 Å². The third kappa shape index (κ3) is 3.16. The Kier molecular flexibility index (Phi) is 5.04. The van der Waals surface area contributed by atoms with E-state index in [1.54, 1.807) is 5.51 Å². The zero-order valence-electron chi connectivity index (χ0n) is 11.9. The number of hydrogen-bond donors (Lipinski definition) is 0. The van der Waals surface area contributed by atoms with Crippen molar-refractivity contribution in [1.29, 1.82) is 0 Å². The average Bonchev–Trinajstić information content (AvgIpc) is 3.09. The molecule has 0 spiro atoms. The fourth-order valence-electron chi connectivity index (χ4n) is 2.39. The summed E-state index contributed by atoms with van der Waals surface area (Å²) in [5, 5.41) is 0.606. The number of halogens is 2. The van der Waals surface area contributed by atoms with Crippen LogP contribution in [0.5, 0.6) is 0 Å². The van der Waals surface area contributed by atoms with Gasteiger partial charge in [-0.05, 0) is 11.6 Å². The Bertz CT molecular complexity index is 887. The molecule has 0 aliphatic rings. The molecule has 0 amide bonds. The molecule has 0 N–H and O–H groups in total. The zero-order chi connectivity index (χ0) is 16.4. The summed E-state index contributed by atoms with van der Waals surface area (Å²) < 4.78 is 0.896. The molecule has 0 aliphatic heterocycles. The van der Waals surface area contributed by atoms with Gasteiger partial charge < -0.3 is 0 Å². The normalized spacial score (nSPS) is 10.9. The average molecular weight is 453 g/mol. The van der Waals surface area contributed by atoms with E-state index in [0.29, 0.717) is 21.8 Å². The van der Waals surface area contributed by atoms with Gasteiger partial charge in [-0.25, -0.2) is 4.98 Å². The highest BCUT2D eigenvalue weighted by Crippen LogP contribution is 2.33. The van der Waals surface area contributed by atoms with Crippen LogP contribution in [0.2, 0.25) is 0 Å². The second-order valence-corrected chi connectivity index (χ2v) is 6.86. The van der Waals surface area contributed by atoms with Crippen LogP contribution in [-0.4, -0.2) is 27.2 Å². The molecule has 116 valence electrons. The Labute approximate surface area is 154 Å². The first kappa shape index (κ1) is 16.5. The van der Waals surface area contributed by atoms with Gasteiger partial charge in [-0.2, -0.15) is 0 Å². The van der Waals surface area contributed by atoms with Crippen LogP contribution in [0, 0.1) is 0 Å². The highest BCUT2D eigenvalue weighted by atomic mass is 79.9. The summed E-state index contributed by atoms with van der Waals surface area (Å²) in [6.07, 6.45) is 0. The van der Waals surface area contributed by atoms with Gasteiger partial charge in [0.2, 0.25) is 0 Å². The van der Waals surface area contributed by atoms with Crippen LogP contribution in [0.4, 0.5) is 0 Å². The number of hydrogen-bond acceptors (Lipinski definition) is 4. The Hall–Kier alpha value is -1.37. The van der Waals surface area contributed by atoms with Crippen LogP contribution in [0.3, 0.4) is 0 Å². The monoisotopic (exact) mass is 451 g/mol. The number of alkyl halides is 2. The van der Waals surface area contributed by atoms with Gasteiger partial charge in [0, 0.05) is 16.7 Å². The molecule has 0 saturated heterocycles. The van der Waals surface area contributed by atoms with E-state index in [1.807, 2.05) is 36.4 Å². The predicted molar refractivity (Wildman–Crippen MR) is 101 cm³/mol. The summed E-state index contributed by atoms with van der Waals surface area (Å²) in [5.74, 6) is 0.0951. The van der Waals surface area contributed by atoms with Crippen LogP contribution < -0.4 is 0 Å². The lowest BCUT2D eigenvalue weighted by molar-refractivity contribution is 0.101. The van der Waals surface area contributed by atoms with Gasteiger partial charge in [0.25, 0.3) is 0 Å². The fraction of sp³-hybridized carbons (Fsp3) is 0.118. The quantitative estimate of drug-likeness (QED) is 0.398. The van der Waals surface area contributed by atoms with Crippen molar-refractivity contribution in [2.75, 3.05) is 10.7 Å². The summed E-state index contributed by atoms with van der Waals surface area (Å²) in [6.45, 7) is 0. The first-order valence-corrected chi connectivity index (χ1v) is 9.93. The molecule has 0 fully saturated rings. The van der Waals surface area contributed by atoms with Crippen molar-refractivity contribution in [2.45, 2.75) is 0 Å². The second kappa shape index (κ2) is 7.03. The molecule has 23 heavy (non-hydrogen) atoms. The highest BCUT2D eigenvalue weighted by molar-refractivity contribution is 9.09. The molecule has 3 rings (SSSR count). The fourth-order valence-corrected chi connectivity index (χ4v) is 3.86. The molecule has 0 unspecified atom stereocenters. The van der Waals surface area contributed by atoms with Crippen molar-refractivity contribution >= 4 is 65.0 Å². The van der Waals surface area contributed by atoms with E-state index >= 15 is 0 Å². The number of carbonyl (C=O) groups is 2. The van der Waals surface area contributed by atoms with Crippen molar-refractivity contribution in [3.63, 3.8) is 0 Å². The first-order chi connectivity index (χ1) is 11.2. The maximum Gasteiger partial charge on any atom is 0.174 e. The van der Waals surface area contributed by atoms with Crippen LogP contribution in [0.15, 0.2) is 41.9 Å². The maximum absolute atomic E-state index is 12.0. The molecule has 2 aromatic carbocycles. The lowest BCUT2D eigenvalue weighted by Crippen LogP contribution is -2.01. The number of aromatic nitrogens is 1. The molecule has 6 heteroatoms. The summed E-state index contributed by atoms with van der Waals surface area (Å²) in [4.78, 5) is 28.1. The van der Waals surface area contributed by atoms with Crippen molar-refractivity contribution in [3.05, 3.63) is 53.0 Å². The van der Waals surface area contributed by atoms with Crippen molar-refractivity contribution in [1.82, 2.24) is 4.98 Å². The van der Waals surface area contributed by atoms with Gasteiger partial charge in [0.05, 0.1) is 26.4 Å². The topological polar surface area (TPSA) is 47.0 Å². The summed E-state index contributed by atoms with van der Waals surface area (Å²) >= 11 is 7.86. The molecule has 0 atom stereocenters. The molecule has 1 heterocycles. The minimum Gasteiger partial charge on any atom is -0.293 e. The Morgan fingerprint density at radius 2 is 1.65 bits per heavy atom. The third-order valence-electron chi connectivity index (χ3n) is 3.54. The number of fused-ring (bicyclic) bond motifs is 1. The standard InChI is InChI=1S/C17H11Br2NO2S/c18-7-14(21)11-3-1-10(2-4-11)12-5-6-13(15(22)8-19)17-16(12)20-9-23-17/h1-6,9H,7-8H2. The second-order valence-electron chi connectivity index (χ2n) is 4.88. The number of ketones is 2. The SMILES string of the molecule is O=C(CBr)c1ccc(-c2ccc(C(=O)CBr)c3scnc23)cc1. The minimum absolute atomic E-state index is 0.0454. The number of Topliss-reactive ketones (excluding diaryl/α,β-unsaturated/α-hetero) is 2. The maximum atomic E-state index is 12.0. The van der Waals surface area contributed by atoms with E-state index in [2.05, 4.69) is 36.8 Å². The zero-order valence-corrected chi connectivity index (χ0v) is 15.9. The van der Waals surface area contributed by atoms with Gasteiger partial charge in [-0.15, -0.1) is 11.3 Å². The highest BCUT2D eigenvalue weighted by Gasteiger charge is 2.15. The Morgan fingerprint density at radius 1 is 0.957 bits per heavy atom. The van der Waals surface area contributed by atoms with Crippen LogP contribution >= 0.6 is 43.2 Å². The van der Waals surface area contributed by atoms with Gasteiger partial charge in [-0.1, -0.05) is 62.2 Å². The Morgan fingerprint density at radius 3 is 2.30 bits per heavy atom. The lowest BCUT2D eigenvalue weighted by Gasteiger charge is -2.07. The van der Waals surface area contributed by atoms with E-state index < -0.39 is 0 Å². The number of nitrogens with zero attached hydrogens (tertiary/aromatic N) is 1. The molecule has 0 radical (unpaired) electrons. The molecule has 3 aromatic rings. The lowest BCUT2D eigenvalue weighted by atomic mass is 9.99. The molecule has 0 bridgehead atoms. The molecular formula is C17H11Br2NO2S. The van der Waals surface area contributed by atoms with E-state index in [4.69, 9.17) is 0 Å².